The van der Waals surface area contributed by atoms with Crippen LogP contribution < -0.4 is 16.2 Å². The highest BCUT2D eigenvalue weighted by Crippen LogP contribution is 2.33. The number of nitrogens with one attached hydrogen (secondary N) is 3. The van der Waals surface area contributed by atoms with E-state index in [0.29, 0.717) is 21.8 Å². The second-order valence-corrected chi connectivity index (χ2v) is 6.07. The van der Waals surface area contributed by atoms with Gasteiger partial charge >= 0.3 is 5.69 Å². The number of carbonyl (C=O) groups is 1. The van der Waals surface area contributed by atoms with Crippen LogP contribution in [-0.2, 0) is 0 Å². The minimum absolute atomic E-state index is 0.0400. The first kappa shape index (κ1) is 19.1. The summed E-state index contributed by atoms with van der Waals surface area (Å²) in [6.45, 7) is 1.77. The molecule has 0 aliphatic rings. The van der Waals surface area contributed by atoms with Crippen molar-refractivity contribution in [1.82, 2.24) is 15.4 Å². The van der Waals surface area contributed by atoms with Crippen LogP contribution >= 0.6 is 11.6 Å². The highest BCUT2D eigenvalue weighted by Gasteiger charge is 2.24. The Morgan fingerprint density at radius 2 is 1.79 bits per heavy atom. The van der Waals surface area contributed by atoms with Crippen LogP contribution in [0.5, 0.6) is 0 Å². The summed E-state index contributed by atoms with van der Waals surface area (Å²) in [6, 6.07) is 13.6. The van der Waals surface area contributed by atoms with E-state index in [4.69, 9.17) is 11.6 Å². The highest BCUT2D eigenvalue weighted by molar-refractivity contribution is 6.31. The van der Waals surface area contributed by atoms with Gasteiger partial charge in [0.05, 0.1) is 4.92 Å². The van der Waals surface area contributed by atoms with Crippen molar-refractivity contribution in [2.75, 3.05) is 10.7 Å². The number of anilines is 3. The molecule has 2 aromatic carbocycles. The molecule has 0 spiro atoms. The first-order chi connectivity index (χ1) is 13.5. The Kier molecular flexibility index (Phi) is 5.66. The number of nitro groups is 1. The molecule has 1 amide bonds. The summed E-state index contributed by atoms with van der Waals surface area (Å²) in [6.07, 6.45) is 1.15. The van der Waals surface area contributed by atoms with Crippen molar-refractivity contribution in [3.05, 3.63) is 81.1 Å². The largest absolute Gasteiger partial charge is 0.355 e. The SMILES string of the molecule is Cc1c(Cl)cccc1Nc1ncnc(NNC(=O)c2ccccc2)c1[N+](=O)[O-]. The lowest BCUT2D eigenvalue weighted by Crippen LogP contribution is -2.30. The molecule has 0 atom stereocenters. The average molecular weight is 399 g/mol. The second kappa shape index (κ2) is 8.31. The number of hydrogen-bond donors (Lipinski definition) is 3. The number of amides is 1. The van der Waals surface area contributed by atoms with Crippen LogP contribution in [0.1, 0.15) is 15.9 Å². The number of carbonyl (C=O) groups excluding carboxylic acids is 1. The highest BCUT2D eigenvalue weighted by atomic mass is 35.5. The van der Waals surface area contributed by atoms with Crippen LogP contribution in [0.4, 0.5) is 23.0 Å². The maximum atomic E-state index is 12.1. The van der Waals surface area contributed by atoms with Gasteiger partial charge in [0.25, 0.3) is 5.91 Å². The van der Waals surface area contributed by atoms with Crippen LogP contribution in [0.3, 0.4) is 0 Å². The van der Waals surface area contributed by atoms with Crippen LogP contribution in [-0.4, -0.2) is 20.8 Å². The molecule has 0 saturated carbocycles. The van der Waals surface area contributed by atoms with E-state index in [1.807, 2.05) is 0 Å². The summed E-state index contributed by atoms with van der Waals surface area (Å²) in [5.41, 5.74) is 6.12. The number of aromatic nitrogens is 2. The van der Waals surface area contributed by atoms with Gasteiger partial charge in [-0.3, -0.25) is 25.8 Å². The molecule has 9 nitrogen and oxygen atoms in total. The van der Waals surface area contributed by atoms with Gasteiger partial charge in [-0.2, -0.15) is 0 Å². The molecule has 0 aliphatic heterocycles. The summed E-state index contributed by atoms with van der Waals surface area (Å²) in [4.78, 5) is 30.9. The van der Waals surface area contributed by atoms with E-state index in [1.54, 1.807) is 55.5 Å². The third-order valence-electron chi connectivity index (χ3n) is 3.86. The third kappa shape index (κ3) is 4.15. The fourth-order valence-corrected chi connectivity index (χ4v) is 2.56. The quantitative estimate of drug-likeness (QED) is 0.425. The van der Waals surface area contributed by atoms with E-state index in [-0.39, 0.29) is 11.6 Å². The van der Waals surface area contributed by atoms with E-state index < -0.39 is 16.5 Å². The molecule has 3 rings (SSSR count). The molecule has 3 aromatic rings. The Hall–Kier alpha value is -3.72. The summed E-state index contributed by atoms with van der Waals surface area (Å²) in [5.74, 6) is -0.665. The Morgan fingerprint density at radius 3 is 2.50 bits per heavy atom. The van der Waals surface area contributed by atoms with Crippen molar-refractivity contribution in [2.45, 2.75) is 6.92 Å². The Morgan fingerprint density at radius 1 is 1.07 bits per heavy atom. The van der Waals surface area contributed by atoms with Crippen LogP contribution in [0.2, 0.25) is 5.02 Å². The molecule has 10 heteroatoms. The van der Waals surface area contributed by atoms with Crippen molar-refractivity contribution in [3.63, 3.8) is 0 Å². The summed E-state index contributed by atoms with van der Waals surface area (Å²) >= 11 is 6.09. The molecule has 0 unspecified atom stereocenters. The van der Waals surface area contributed by atoms with Crippen LogP contribution in [0.25, 0.3) is 0 Å². The Bertz CT molecular complexity index is 1030. The maximum absolute atomic E-state index is 12.1. The number of benzene rings is 2. The summed E-state index contributed by atoms with van der Waals surface area (Å²) in [5, 5.41) is 15.0. The second-order valence-electron chi connectivity index (χ2n) is 5.66. The van der Waals surface area contributed by atoms with Gasteiger partial charge in [-0.25, -0.2) is 9.97 Å². The number of halogens is 1. The van der Waals surface area contributed by atoms with Gasteiger partial charge in [0.15, 0.2) is 0 Å². The Labute approximate surface area is 164 Å². The van der Waals surface area contributed by atoms with Gasteiger partial charge in [-0.15, -0.1) is 0 Å². The van der Waals surface area contributed by atoms with E-state index in [9.17, 15) is 14.9 Å². The lowest BCUT2D eigenvalue weighted by molar-refractivity contribution is -0.383. The molecule has 1 heterocycles. The van der Waals surface area contributed by atoms with Crippen molar-refractivity contribution in [1.29, 1.82) is 0 Å². The summed E-state index contributed by atoms with van der Waals surface area (Å²) in [7, 11) is 0. The molecule has 3 N–H and O–H groups in total. The van der Waals surface area contributed by atoms with Gasteiger partial charge in [-0.1, -0.05) is 35.9 Å². The maximum Gasteiger partial charge on any atom is 0.355 e. The predicted molar refractivity (Wildman–Crippen MR) is 106 cm³/mol. The van der Waals surface area contributed by atoms with E-state index >= 15 is 0 Å². The van der Waals surface area contributed by atoms with Gasteiger partial charge in [-0.05, 0) is 36.8 Å². The van der Waals surface area contributed by atoms with Crippen molar-refractivity contribution < 1.29 is 9.72 Å². The minimum Gasteiger partial charge on any atom is -0.334 e. The minimum atomic E-state index is -0.640. The topological polar surface area (TPSA) is 122 Å². The molecule has 0 fully saturated rings. The van der Waals surface area contributed by atoms with Crippen LogP contribution in [0.15, 0.2) is 54.9 Å². The van der Waals surface area contributed by atoms with Crippen molar-refractivity contribution >= 4 is 40.5 Å². The molecule has 28 heavy (non-hydrogen) atoms. The monoisotopic (exact) mass is 398 g/mol. The van der Waals surface area contributed by atoms with Crippen LogP contribution in [0, 0.1) is 17.0 Å². The fraction of sp³-hybridized carbons (Fsp3) is 0.0556. The van der Waals surface area contributed by atoms with Gasteiger partial charge in [0, 0.05) is 16.3 Å². The van der Waals surface area contributed by atoms with Crippen molar-refractivity contribution in [2.24, 2.45) is 0 Å². The first-order valence-corrected chi connectivity index (χ1v) is 8.48. The molecule has 0 aliphatic carbocycles. The first-order valence-electron chi connectivity index (χ1n) is 8.10. The predicted octanol–water partition coefficient (Wildman–Crippen LogP) is 3.85. The molecular weight excluding hydrogens is 384 g/mol. The fourth-order valence-electron chi connectivity index (χ4n) is 2.38. The smallest absolute Gasteiger partial charge is 0.334 e. The Balaban J connectivity index is 1.86. The number of hydrazine groups is 1. The lowest BCUT2D eigenvalue weighted by atomic mass is 10.2. The molecular formula is C18H15ClN6O3. The zero-order chi connectivity index (χ0) is 20.1. The normalized spacial score (nSPS) is 10.2. The molecule has 142 valence electrons. The molecule has 0 radical (unpaired) electrons. The number of rotatable bonds is 6. The molecule has 0 saturated heterocycles. The summed E-state index contributed by atoms with van der Waals surface area (Å²) < 4.78 is 0. The van der Waals surface area contributed by atoms with Gasteiger partial charge in [0.2, 0.25) is 11.6 Å². The molecule has 1 aromatic heterocycles. The zero-order valence-electron chi connectivity index (χ0n) is 14.6. The van der Waals surface area contributed by atoms with E-state index in [0.717, 1.165) is 6.33 Å². The third-order valence-corrected chi connectivity index (χ3v) is 4.27. The zero-order valence-corrected chi connectivity index (χ0v) is 15.4. The lowest BCUT2D eigenvalue weighted by Gasteiger charge is -2.12. The number of nitrogens with zero attached hydrogens (tertiary/aromatic N) is 3. The van der Waals surface area contributed by atoms with Gasteiger partial charge in [0.1, 0.15) is 6.33 Å². The van der Waals surface area contributed by atoms with E-state index in [2.05, 4.69) is 26.1 Å². The van der Waals surface area contributed by atoms with E-state index in [1.165, 1.54) is 0 Å². The van der Waals surface area contributed by atoms with Crippen molar-refractivity contribution in [3.8, 4) is 0 Å². The van der Waals surface area contributed by atoms with Gasteiger partial charge < -0.3 is 5.32 Å². The number of hydrogen-bond acceptors (Lipinski definition) is 7. The standard InChI is InChI=1S/C18H15ClN6O3/c1-11-13(19)8-5-9-14(11)22-16-15(25(27)28)17(21-10-20-16)23-24-18(26)12-6-3-2-4-7-12/h2-10H,1H3,(H,24,26)(H2,20,21,22,23). The molecule has 0 bridgehead atoms. The average Bonchev–Trinajstić information content (AvgIpc) is 2.70.